The molecular formula is C13H18N2O4S. The number of benzene rings is 1. The van der Waals surface area contributed by atoms with Crippen molar-refractivity contribution in [1.29, 1.82) is 0 Å². The molecule has 6 nitrogen and oxygen atoms in total. The number of rotatable bonds is 6. The average molecular weight is 298 g/mol. The first-order valence-electron chi connectivity index (χ1n) is 6.52. The largest absolute Gasteiger partial charge is 0.480 e. The second-order valence-corrected chi connectivity index (χ2v) is 6.51. The summed E-state index contributed by atoms with van der Waals surface area (Å²) in [6.07, 6.45) is 1.46. The van der Waals surface area contributed by atoms with E-state index >= 15 is 0 Å². The van der Waals surface area contributed by atoms with Crippen LogP contribution < -0.4 is 4.72 Å². The molecule has 0 aliphatic carbocycles. The van der Waals surface area contributed by atoms with Crippen molar-refractivity contribution in [2.24, 2.45) is 0 Å². The zero-order valence-electron chi connectivity index (χ0n) is 11.0. The first-order valence-corrected chi connectivity index (χ1v) is 8.00. The van der Waals surface area contributed by atoms with Crippen molar-refractivity contribution in [3.63, 3.8) is 0 Å². The Labute approximate surface area is 118 Å². The van der Waals surface area contributed by atoms with Gasteiger partial charge in [-0.2, -0.15) is 0 Å². The van der Waals surface area contributed by atoms with Gasteiger partial charge in [-0.1, -0.05) is 18.2 Å². The van der Waals surface area contributed by atoms with Crippen LogP contribution in [0.5, 0.6) is 0 Å². The lowest BCUT2D eigenvalue weighted by molar-refractivity contribution is -0.142. The summed E-state index contributed by atoms with van der Waals surface area (Å²) in [5.41, 5.74) is 0. The number of likely N-dealkylation sites (tertiary alicyclic amines) is 1. The third-order valence-electron chi connectivity index (χ3n) is 3.39. The van der Waals surface area contributed by atoms with E-state index in [1.54, 1.807) is 23.1 Å². The van der Waals surface area contributed by atoms with Crippen molar-refractivity contribution in [3.05, 3.63) is 30.3 Å². The third-order valence-corrected chi connectivity index (χ3v) is 4.87. The fourth-order valence-electron chi connectivity index (χ4n) is 2.38. The molecule has 20 heavy (non-hydrogen) atoms. The van der Waals surface area contributed by atoms with E-state index in [1.165, 1.54) is 12.1 Å². The third kappa shape index (κ3) is 3.56. The zero-order chi connectivity index (χ0) is 14.6. The van der Waals surface area contributed by atoms with Gasteiger partial charge in [-0.05, 0) is 31.5 Å². The molecule has 1 heterocycles. The van der Waals surface area contributed by atoms with Gasteiger partial charge in [0, 0.05) is 13.1 Å². The van der Waals surface area contributed by atoms with Gasteiger partial charge in [0.2, 0.25) is 10.0 Å². The van der Waals surface area contributed by atoms with E-state index in [-0.39, 0.29) is 11.4 Å². The molecule has 110 valence electrons. The molecule has 1 saturated heterocycles. The summed E-state index contributed by atoms with van der Waals surface area (Å²) in [6.45, 7) is 1.31. The number of carbonyl (C=O) groups is 1. The molecule has 1 aromatic carbocycles. The zero-order valence-corrected chi connectivity index (χ0v) is 11.8. The predicted octanol–water partition coefficient (Wildman–Crippen LogP) is 0.514. The van der Waals surface area contributed by atoms with E-state index in [4.69, 9.17) is 5.11 Å². The quantitative estimate of drug-likeness (QED) is 0.799. The lowest BCUT2D eigenvalue weighted by Crippen LogP contribution is -2.41. The molecule has 0 amide bonds. The van der Waals surface area contributed by atoms with Gasteiger partial charge in [-0.25, -0.2) is 13.1 Å². The predicted molar refractivity (Wildman–Crippen MR) is 73.9 cm³/mol. The molecule has 0 bridgehead atoms. The highest BCUT2D eigenvalue weighted by molar-refractivity contribution is 7.89. The van der Waals surface area contributed by atoms with Crippen LogP contribution in [0.3, 0.4) is 0 Å². The van der Waals surface area contributed by atoms with E-state index in [2.05, 4.69) is 4.72 Å². The number of aliphatic carboxylic acids is 1. The molecule has 1 aromatic rings. The Bertz CT molecular complexity index is 559. The molecule has 7 heteroatoms. The number of carboxylic acid groups (broad SMARTS) is 1. The van der Waals surface area contributed by atoms with Crippen molar-refractivity contribution < 1.29 is 18.3 Å². The smallest absolute Gasteiger partial charge is 0.320 e. The van der Waals surface area contributed by atoms with Gasteiger partial charge in [0.15, 0.2) is 0 Å². The Hall–Kier alpha value is -1.44. The SMILES string of the molecule is O=C(O)C1CCCN1CCNS(=O)(=O)c1ccccc1. The average Bonchev–Trinajstić information content (AvgIpc) is 2.88. The second-order valence-electron chi connectivity index (χ2n) is 4.74. The van der Waals surface area contributed by atoms with Crippen LogP contribution in [0.25, 0.3) is 0 Å². The fourth-order valence-corrected chi connectivity index (χ4v) is 3.42. The first kappa shape index (κ1) is 15.0. The number of hydrogen-bond donors (Lipinski definition) is 2. The number of nitrogens with one attached hydrogen (secondary N) is 1. The first-order chi connectivity index (χ1) is 9.50. The van der Waals surface area contributed by atoms with Crippen LogP contribution >= 0.6 is 0 Å². The van der Waals surface area contributed by atoms with Crippen LogP contribution in [-0.4, -0.2) is 50.1 Å². The Morgan fingerprint density at radius 2 is 2.05 bits per heavy atom. The van der Waals surface area contributed by atoms with Crippen molar-refractivity contribution in [1.82, 2.24) is 9.62 Å². The molecule has 1 aliphatic rings. The van der Waals surface area contributed by atoms with Crippen molar-refractivity contribution >= 4 is 16.0 Å². The van der Waals surface area contributed by atoms with Crippen LogP contribution in [-0.2, 0) is 14.8 Å². The monoisotopic (exact) mass is 298 g/mol. The van der Waals surface area contributed by atoms with Crippen molar-refractivity contribution in [3.8, 4) is 0 Å². The van der Waals surface area contributed by atoms with Gasteiger partial charge >= 0.3 is 5.97 Å². The molecular weight excluding hydrogens is 280 g/mol. The maximum absolute atomic E-state index is 12.0. The molecule has 0 radical (unpaired) electrons. The summed E-state index contributed by atoms with van der Waals surface area (Å²) in [7, 11) is -3.51. The summed E-state index contributed by atoms with van der Waals surface area (Å²) < 4.78 is 26.5. The van der Waals surface area contributed by atoms with Crippen LogP contribution in [0.1, 0.15) is 12.8 Å². The maximum Gasteiger partial charge on any atom is 0.320 e. The van der Waals surface area contributed by atoms with E-state index in [0.29, 0.717) is 19.5 Å². The van der Waals surface area contributed by atoms with E-state index in [1.807, 2.05) is 0 Å². The van der Waals surface area contributed by atoms with E-state index in [9.17, 15) is 13.2 Å². The Kier molecular flexibility index (Phi) is 4.74. The summed E-state index contributed by atoms with van der Waals surface area (Å²) in [5, 5.41) is 9.04. The minimum absolute atomic E-state index is 0.209. The van der Waals surface area contributed by atoms with Gasteiger partial charge in [0.25, 0.3) is 0 Å². The van der Waals surface area contributed by atoms with Gasteiger partial charge in [0.1, 0.15) is 6.04 Å². The van der Waals surface area contributed by atoms with Crippen molar-refractivity contribution in [2.45, 2.75) is 23.8 Å². The summed E-state index contributed by atoms with van der Waals surface area (Å²) in [6, 6.07) is 7.64. The lowest BCUT2D eigenvalue weighted by Gasteiger charge is -2.20. The van der Waals surface area contributed by atoms with Gasteiger partial charge in [-0.3, -0.25) is 9.69 Å². The molecule has 1 fully saturated rings. The molecule has 1 atom stereocenters. The van der Waals surface area contributed by atoms with Crippen LogP contribution in [0.4, 0.5) is 0 Å². The normalized spacial score (nSPS) is 20.1. The second kappa shape index (κ2) is 6.34. The molecule has 0 spiro atoms. The fraction of sp³-hybridized carbons (Fsp3) is 0.462. The number of hydrogen-bond acceptors (Lipinski definition) is 4. The van der Waals surface area contributed by atoms with E-state index in [0.717, 1.165) is 6.42 Å². The highest BCUT2D eigenvalue weighted by Crippen LogP contribution is 2.16. The summed E-state index contributed by atoms with van der Waals surface area (Å²) in [4.78, 5) is 13.0. The molecule has 0 saturated carbocycles. The topological polar surface area (TPSA) is 86.7 Å². The van der Waals surface area contributed by atoms with Crippen LogP contribution in [0.2, 0.25) is 0 Å². The summed E-state index contributed by atoms with van der Waals surface area (Å²) in [5.74, 6) is -0.839. The number of carboxylic acids is 1. The number of nitrogens with zero attached hydrogens (tertiary/aromatic N) is 1. The maximum atomic E-state index is 12.0. The number of sulfonamides is 1. The van der Waals surface area contributed by atoms with Gasteiger partial charge in [0.05, 0.1) is 4.90 Å². The minimum atomic E-state index is -3.51. The van der Waals surface area contributed by atoms with Crippen LogP contribution in [0.15, 0.2) is 35.2 Å². The van der Waals surface area contributed by atoms with Gasteiger partial charge in [-0.15, -0.1) is 0 Å². The molecule has 2 N–H and O–H groups in total. The lowest BCUT2D eigenvalue weighted by atomic mass is 10.2. The van der Waals surface area contributed by atoms with Crippen molar-refractivity contribution in [2.75, 3.05) is 19.6 Å². The molecule has 0 aromatic heterocycles. The molecule has 2 rings (SSSR count). The van der Waals surface area contributed by atoms with Crippen LogP contribution in [0, 0.1) is 0 Å². The molecule has 1 aliphatic heterocycles. The molecule has 1 unspecified atom stereocenters. The Morgan fingerprint density at radius 1 is 1.35 bits per heavy atom. The van der Waals surface area contributed by atoms with Gasteiger partial charge < -0.3 is 5.11 Å². The Balaban J connectivity index is 1.88. The highest BCUT2D eigenvalue weighted by Gasteiger charge is 2.30. The summed E-state index contributed by atoms with van der Waals surface area (Å²) >= 11 is 0. The highest BCUT2D eigenvalue weighted by atomic mass is 32.2. The minimum Gasteiger partial charge on any atom is -0.480 e. The Morgan fingerprint density at radius 3 is 2.70 bits per heavy atom. The standard InChI is InChI=1S/C13H18N2O4S/c16-13(17)12-7-4-9-15(12)10-8-14-20(18,19)11-5-2-1-3-6-11/h1-3,5-6,12,14H,4,7-10H2,(H,16,17). The van der Waals surface area contributed by atoms with E-state index < -0.39 is 22.0 Å².